The second-order valence-corrected chi connectivity index (χ2v) is 4.78. The zero-order valence-electron chi connectivity index (χ0n) is 10.9. The van der Waals surface area contributed by atoms with Crippen LogP contribution in [0.4, 0.5) is 15.3 Å². The molecule has 1 aromatic carbocycles. The van der Waals surface area contributed by atoms with Crippen LogP contribution in [0.1, 0.15) is 6.42 Å². The number of carbonyl (C=O) groups excluding carboxylic acids is 2. The lowest BCUT2D eigenvalue weighted by molar-refractivity contribution is 0.0736. The number of urea groups is 1. The standard InChI is InChI=1S/C13H16ClN3O3/c14-10-2-4-11(5-3-10)16-12(18)15-6-8-17-7-1-9-20-13(17)19/h2-5H,1,6-9H2,(H2,15,16,18). The fourth-order valence-electron chi connectivity index (χ4n) is 1.81. The molecule has 1 saturated heterocycles. The first-order valence-corrected chi connectivity index (χ1v) is 6.75. The number of rotatable bonds is 4. The highest BCUT2D eigenvalue weighted by Gasteiger charge is 2.18. The third kappa shape index (κ3) is 4.31. The van der Waals surface area contributed by atoms with Crippen molar-refractivity contribution < 1.29 is 14.3 Å². The molecule has 0 saturated carbocycles. The van der Waals surface area contributed by atoms with E-state index in [1.54, 1.807) is 29.2 Å². The van der Waals surface area contributed by atoms with Crippen LogP contribution in [0.3, 0.4) is 0 Å². The highest BCUT2D eigenvalue weighted by molar-refractivity contribution is 6.30. The van der Waals surface area contributed by atoms with Gasteiger partial charge in [0.2, 0.25) is 0 Å². The number of nitrogens with one attached hydrogen (secondary N) is 2. The first-order chi connectivity index (χ1) is 9.65. The average molecular weight is 298 g/mol. The Labute approximate surface area is 122 Å². The fourth-order valence-corrected chi connectivity index (χ4v) is 1.94. The van der Waals surface area contributed by atoms with Crippen molar-refractivity contribution in [2.75, 3.05) is 31.6 Å². The van der Waals surface area contributed by atoms with Gasteiger partial charge in [0.15, 0.2) is 0 Å². The van der Waals surface area contributed by atoms with Gasteiger partial charge in [0.25, 0.3) is 0 Å². The number of amides is 3. The SMILES string of the molecule is O=C(NCCN1CCCOC1=O)Nc1ccc(Cl)cc1. The number of hydrogen-bond donors (Lipinski definition) is 2. The zero-order chi connectivity index (χ0) is 14.4. The lowest BCUT2D eigenvalue weighted by atomic mass is 10.3. The summed E-state index contributed by atoms with van der Waals surface area (Å²) in [6, 6.07) is 6.49. The van der Waals surface area contributed by atoms with Crippen LogP contribution in [-0.4, -0.2) is 43.3 Å². The van der Waals surface area contributed by atoms with Gasteiger partial charge < -0.3 is 20.3 Å². The smallest absolute Gasteiger partial charge is 0.409 e. The lowest BCUT2D eigenvalue weighted by Gasteiger charge is -2.26. The van der Waals surface area contributed by atoms with Gasteiger partial charge in [0, 0.05) is 30.3 Å². The molecule has 0 atom stereocenters. The minimum Gasteiger partial charge on any atom is -0.449 e. The van der Waals surface area contributed by atoms with E-state index in [0.29, 0.717) is 37.0 Å². The molecule has 0 spiro atoms. The van der Waals surface area contributed by atoms with Gasteiger partial charge in [-0.2, -0.15) is 0 Å². The fraction of sp³-hybridized carbons (Fsp3) is 0.385. The van der Waals surface area contributed by atoms with Crippen molar-refractivity contribution in [2.45, 2.75) is 6.42 Å². The Kier molecular flexibility index (Phi) is 5.06. The predicted molar refractivity (Wildman–Crippen MR) is 76.0 cm³/mol. The van der Waals surface area contributed by atoms with Crippen LogP contribution in [-0.2, 0) is 4.74 Å². The molecule has 1 aliphatic rings. The summed E-state index contributed by atoms with van der Waals surface area (Å²) in [5.41, 5.74) is 0.657. The van der Waals surface area contributed by atoms with Crippen LogP contribution in [0.15, 0.2) is 24.3 Å². The Morgan fingerprint density at radius 2 is 2.10 bits per heavy atom. The maximum atomic E-state index is 11.6. The van der Waals surface area contributed by atoms with E-state index < -0.39 is 0 Å². The third-order valence-electron chi connectivity index (χ3n) is 2.83. The minimum absolute atomic E-state index is 0.322. The second-order valence-electron chi connectivity index (χ2n) is 4.34. The molecule has 1 aromatic rings. The number of anilines is 1. The number of benzene rings is 1. The van der Waals surface area contributed by atoms with Gasteiger partial charge in [-0.1, -0.05) is 11.6 Å². The topological polar surface area (TPSA) is 70.7 Å². The highest BCUT2D eigenvalue weighted by atomic mass is 35.5. The van der Waals surface area contributed by atoms with Crippen molar-refractivity contribution >= 4 is 29.4 Å². The first-order valence-electron chi connectivity index (χ1n) is 6.37. The Bertz CT molecular complexity index is 478. The van der Waals surface area contributed by atoms with E-state index in [2.05, 4.69) is 10.6 Å². The number of ether oxygens (including phenoxy) is 1. The van der Waals surface area contributed by atoms with Crippen LogP contribution in [0.2, 0.25) is 5.02 Å². The Hall–Kier alpha value is -1.95. The van der Waals surface area contributed by atoms with Gasteiger partial charge in [-0.3, -0.25) is 0 Å². The minimum atomic E-state index is -0.323. The molecule has 0 radical (unpaired) electrons. The molecule has 7 heteroatoms. The van der Waals surface area contributed by atoms with Crippen LogP contribution in [0, 0.1) is 0 Å². The van der Waals surface area contributed by atoms with Gasteiger partial charge in [0.1, 0.15) is 0 Å². The van der Waals surface area contributed by atoms with Crippen LogP contribution in [0.5, 0.6) is 0 Å². The predicted octanol–water partition coefficient (Wildman–Crippen LogP) is 2.30. The van der Waals surface area contributed by atoms with Gasteiger partial charge >= 0.3 is 12.1 Å². The van der Waals surface area contributed by atoms with Crippen LogP contribution in [0.25, 0.3) is 0 Å². The number of carbonyl (C=O) groups is 2. The summed E-state index contributed by atoms with van der Waals surface area (Å²) in [5.74, 6) is 0. The first kappa shape index (κ1) is 14.5. The summed E-state index contributed by atoms with van der Waals surface area (Å²) in [6.07, 6.45) is 0.499. The average Bonchev–Trinajstić information content (AvgIpc) is 2.43. The molecule has 3 amide bonds. The summed E-state index contributed by atoms with van der Waals surface area (Å²) in [4.78, 5) is 24.6. The van der Waals surface area contributed by atoms with E-state index in [0.717, 1.165) is 6.42 Å². The maximum absolute atomic E-state index is 11.6. The van der Waals surface area contributed by atoms with E-state index in [9.17, 15) is 9.59 Å². The van der Waals surface area contributed by atoms with Gasteiger partial charge in [0.05, 0.1) is 6.61 Å². The third-order valence-corrected chi connectivity index (χ3v) is 3.08. The molecule has 0 unspecified atom stereocenters. The number of hydrogen-bond acceptors (Lipinski definition) is 3. The number of nitrogens with zero attached hydrogens (tertiary/aromatic N) is 1. The Balaban J connectivity index is 1.69. The van der Waals surface area contributed by atoms with Crippen LogP contribution >= 0.6 is 11.6 Å². The summed E-state index contributed by atoms with van der Waals surface area (Å²) in [6.45, 7) is 1.94. The zero-order valence-corrected chi connectivity index (χ0v) is 11.7. The molecule has 0 aromatic heterocycles. The van der Waals surface area contributed by atoms with E-state index >= 15 is 0 Å². The maximum Gasteiger partial charge on any atom is 0.409 e. The largest absolute Gasteiger partial charge is 0.449 e. The molecule has 20 heavy (non-hydrogen) atoms. The molecule has 1 heterocycles. The van der Waals surface area contributed by atoms with Crippen LogP contribution < -0.4 is 10.6 Å². The molecule has 2 rings (SSSR count). The van der Waals surface area contributed by atoms with E-state index in [1.807, 2.05) is 0 Å². The summed E-state index contributed by atoms with van der Waals surface area (Å²) < 4.78 is 4.90. The molecule has 6 nitrogen and oxygen atoms in total. The van der Waals surface area contributed by atoms with E-state index in [-0.39, 0.29) is 12.1 Å². The highest BCUT2D eigenvalue weighted by Crippen LogP contribution is 2.13. The van der Waals surface area contributed by atoms with Crippen molar-refractivity contribution in [3.8, 4) is 0 Å². The van der Waals surface area contributed by atoms with Gasteiger partial charge in [-0.25, -0.2) is 9.59 Å². The monoisotopic (exact) mass is 297 g/mol. The molecule has 1 fully saturated rings. The van der Waals surface area contributed by atoms with Gasteiger partial charge in [-0.05, 0) is 30.7 Å². The molecule has 0 aliphatic carbocycles. The Morgan fingerprint density at radius 3 is 2.80 bits per heavy atom. The van der Waals surface area contributed by atoms with Gasteiger partial charge in [-0.15, -0.1) is 0 Å². The summed E-state index contributed by atoms with van der Waals surface area (Å²) in [7, 11) is 0. The van der Waals surface area contributed by atoms with Crippen molar-refractivity contribution in [3.05, 3.63) is 29.3 Å². The molecule has 1 aliphatic heterocycles. The number of halogens is 1. The van der Waals surface area contributed by atoms with E-state index in [4.69, 9.17) is 16.3 Å². The van der Waals surface area contributed by atoms with Crippen molar-refractivity contribution in [1.82, 2.24) is 10.2 Å². The van der Waals surface area contributed by atoms with Crippen molar-refractivity contribution in [1.29, 1.82) is 0 Å². The van der Waals surface area contributed by atoms with Crippen molar-refractivity contribution in [2.24, 2.45) is 0 Å². The molecular weight excluding hydrogens is 282 g/mol. The summed E-state index contributed by atoms with van der Waals surface area (Å²) in [5, 5.41) is 5.97. The molecule has 108 valence electrons. The second kappa shape index (κ2) is 7.00. The lowest BCUT2D eigenvalue weighted by Crippen LogP contribution is -2.43. The quantitative estimate of drug-likeness (QED) is 0.896. The molecule has 0 bridgehead atoms. The van der Waals surface area contributed by atoms with Crippen molar-refractivity contribution in [3.63, 3.8) is 0 Å². The van der Waals surface area contributed by atoms with E-state index in [1.165, 1.54) is 0 Å². The molecule has 2 N–H and O–H groups in total. The molecular formula is C13H16ClN3O3. The normalized spacial score (nSPS) is 14.7. The Morgan fingerprint density at radius 1 is 1.35 bits per heavy atom. The summed E-state index contributed by atoms with van der Waals surface area (Å²) >= 11 is 5.75. The number of cyclic esters (lactones) is 1.